The summed E-state index contributed by atoms with van der Waals surface area (Å²) in [7, 11) is 3.63. The second-order valence-corrected chi connectivity index (χ2v) is 8.61. The molecule has 2 aromatic heterocycles. The first kappa shape index (κ1) is 24.1. The lowest BCUT2D eigenvalue weighted by atomic mass is 10.0. The molecule has 4 rings (SSSR count). The molecule has 0 fully saturated rings. The van der Waals surface area contributed by atoms with Crippen LogP contribution in [0.15, 0.2) is 66.9 Å². The number of aryl methyl sites for hydroxylation is 3. The van der Waals surface area contributed by atoms with Crippen LogP contribution in [0.25, 0.3) is 11.0 Å². The van der Waals surface area contributed by atoms with E-state index >= 15 is 0 Å². The van der Waals surface area contributed by atoms with Gasteiger partial charge in [0.1, 0.15) is 11.5 Å². The van der Waals surface area contributed by atoms with Crippen molar-refractivity contribution in [3.63, 3.8) is 0 Å². The number of imidazole rings is 1. The van der Waals surface area contributed by atoms with Crippen LogP contribution in [0.5, 0.6) is 0 Å². The van der Waals surface area contributed by atoms with E-state index in [-0.39, 0.29) is 17.9 Å². The van der Waals surface area contributed by atoms with Crippen LogP contribution in [0.1, 0.15) is 45.3 Å². The number of benzene rings is 2. The zero-order chi connectivity index (χ0) is 24.8. The van der Waals surface area contributed by atoms with Crippen molar-refractivity contribution in [1.82, 2.24) is 29.7 Å². The Hall–Kier alpha value is -4.07. The van der Waals surface area contributed by atoms with Crippen LogP contribution >= 0.6 is 0 Å². The monoisotopic (exact) mass is 470 g/mol. The minimum absolute atomic E-state index is 0.0845. The molecule has 0 aliphatic rings. The highest BCUT2D eigenvalue weighted by Gasteiger charge is 2.23. The molecule has 0 aliphatic heterocycles. The third-order valence-corrected chi connectivity index (χ3v) is 6.23. The Bertz CT molecular complexity index is 1320. The summed E-state index contributed by atoms with van der Waals surface area (Å²) in [6, 6.07) is 19.4. The van der Waals surface area contributed by atoms with Crippen LogP contribution in [-0.4, -0.2) is 55.9 Å². The Morgan fingerprint density at radius 3 is 2.49 bits per heavy atom. The van der Waals surface area contributed by atoms with Gasteiger partial charge < -0.3 is 14.8 Å². The van der Waals surface area contributed by atoms with Gasteiger partial charge in [-0.2, -0.15) is 0 Å². The molecule has 0 spiro atoms. The SMILES string of the molecule is Cc1nccc(C(=O)N(C)[C@H](CCNC(=O)c2nc3ccccc3n2C)CCc2ccccc2)n1. The maximum Gasteiger partial charge on any atom is 0.287 e. The summed E-state index contributed by atoms with van der Waals surface area (Å²) in [6.45, 7) is 2.18. The molecule has 0 unspecified atom stereocenters. The van der Waals surface area contributed by atoms with Crippen LogP contribution in [0.4, 0.5) is 0 Å². The highest BCUT2D eigenvalue weighted by atomic mass is 16.2. The van der Waals surface area contributed by atoms with E-state index in [1.165, 1.54) is 5.56 Å². The number of para-hydroxylation sites is 2. The van der Waals surface area contributed by atoms with Crippen LogP contribution in [0.2, 0.25) is 0 Å². The number of carbonyl (C=O) groups excluding carboxylic acids is 2. The number of hydrogen-bond acceptors (Lipinski definition) is 5. The van der Waals surface area contributed by atoms with Gasteiger partial charge in [0.05, 0.1) is 11.0 Å². The van der Waals surface area contributed by atoms with Gasteiger partial charge in [0.25, 0.3) is 11.8 Å². The van der Waals surface area contributed by atoms with E-state index < -0.39 is 0 Å². The molecule has 2 amide bonds. The van der Waals surface area contributed by atoms with E-state index in [0.717, 1.165) is 23.9 Å². The second kappa shape index (κ2) is 10.9. The van der Waals surface area contributed by atoms with Gasteiger partial charge >= 0.3 is 0 Å². The summed E-state index contributed by atoms with van der Waals surface area (Å²) in [5.74, 6) is 0.536. The van der Waals surface area contributed by atoms with Crippen LogP contribution in [-0.2, 0) is 13.5 Å². The van der Waals surface area contributed by atoms with Crippen LogP contribution in [0, 0.1) is 6.92 Å². The van der Waals surface area contributed by atoms with Crippen LogP contribution in [0.3, 0.4) is 0 Å². The molecule has 35 heavy (non-hydrogen) atoms. The highest BCUT2D eigenvalue weighted by Crippen LogP contribution is 2.16. The minimum Gasteiger partial charge on any atom is -0.349 e. The predicted molar refractivity (Wildman–Crippen MR) is 135 cm³/mol. The van der Waals surface area contributed by atoms with E-state index in [4.69, 9.17) is 0 Å². The average molecular weight is 471 g/mol. The minimum atomic E-state index is -0.231. The van der Waals surface area contributed by atoms with E-state index in [0.29, 0.717) is 30.3 Å². The topological polar surface area (TPSA) is 93.0 Å². The number of hydrogen-bond donors (Lipinski definition) is 1. The van der Waals surface area contributed by atoms with E-state index in [2.05, 4.69) is 32.4 Å². The van der Waals surface area contributed by atoms with Crippen molar-refractivity contribution in [2.24, 2.45) is 7.05 Å². The average Bonchev–Trinajstić information content (AvgIpc) is 3.22. The summed E-state index contributed by atoms with van der Waals surface area (Å²) in [4.78, 5) is 40.6. The Kier molecular flexibility index (Phi) is 7.50. The van der Waals surface area contributed by atoms with Gasteiger partial charge in [0.2, 0.25) is 0 Å². The first-order chi connectivity index (χ1) is 16.9. The molecular formula is C27H30N6O2. The van der Waals surface area contributed by atoms with Gasteiger partial charge in [-0.05, 0) is 49.9 Å². The van der Waals surface area contributed by atoms with E-state index in [1.54, 1.807) is 35.7 Å². The first-order valence-corrected chi connectivity index (χ1v) is 11.7. The molecule has 1 N–H and O–H groups in total. The summed E-state index contributed by atoms with van der Waals surface area (Å²) in [5.41, 5.74) is 3.27. The first-order valence-electron chi connectivity index (χ1n) is 11.7. The van der Waals surface area contributed by atoms with Gasteiger partial charge in [-0.25, -0.2) is 15.0 Å². The van der Waals surface area contributed by atoms with Crippen molar-refractivity contribution in [3.8, 4) is 0 Å². The normalized spacial score (nSPS) is 11.9. The molecule has 2 heterocycles. The standard InChI is InChI=1S/C27H30N6O2/c1-19-28-18-16-23(30-19)27(35)32(2)21(14-13-20-9-5-4-6-10-20)15-17-29-26(34)25-31-22-11-7-8-12-24(22)33(25)3/h4-12,16,18,21H,13-15,17H2,1-3H3,(H,29,34)/t21-/m0/s1. The molecule has 0 aliphatic carbocycles. The Morgan fingerprint density at radius 1 is 1.00 bits per heavy atom. The van der Waals surface area contributed by atoms with E-state index in [9.17, 15) is 9.59 Å². The number of nitrogens with zero attached hydrogens (tertiary/aromatic N) is 5. The molecule has 0 saturated heterocycles. The number of carbonyl (C=O) groups is 2. The predicted octanol–water partition coefficient (Wildman–Crippen LogP) is 3.57. The molecule has 2 aromatic carbocycles. The second-order valence-electron chi connectivity index (χ2n) is 8.61. The molecule has 4 aromatic rings. The van der Waals surface area contributed by atoms with Gasteiger partial charge in [0, 0.05) is 32.9 Å². The maximum atomic E-state index is 13.1. The maximum absolute atomic E-state index is 13.1. The smallest absolute Gasteiger partial charge is 0.287 e. The van der Waals surface area contributed by atoms with Crippen molar-refractivity contribution < 1.29 is 9.59 Å². The lowest BCUT2D eigenvalue weighted by molar-refractivity contribution is 0.0708. The third kappa shape index (κ3) is 5.71. The number of nitrogens with one attached hydrogen (secondary N) is 1. The Morgan fingerprint density at radius 2 is 1.74 bits per heavy atom. The highest BCUT2D eigenvalue weighted by molar-refractivity contribution is 5.95. The third-order valence-electron chi connectivity index (χ3n) is 6.23. The summed E-state index contributed by atoms with van der Waals surface area (Å²) in [6.07, 6.45) is 3.79. The molecule has 180 valence electrons. The zero-order valence-electron chi connectivity index (χ0n) is 20.3. The molecule has 8 heteroatoms. The number of amides is 2. The van der Waals surface area contributed by atoms with E-state index in [1.807, 2.05) is 49.5 Å². The number of aromatic nitrogens is 4. The largest absolute Gasteiger partial charge is 0.349 e. The van der Waals surface area contributed by atoms with Gasteiger partial charge in [0.15, 0.2) is 5.82 Å². The lowest BCUT2D eigenvalue weighted by Crippen LogP contribution is -2.40. The van der Waals surface area contributed by atoms with Crippen LogP contribution < -0.4 is 5.32 Å². The summed E-state index contributed by atoms with van der Waals surface area (Å²) < 4.78 is 1.80. The van der Waals surface area contributed by atoms with Crippen molar-refractivity contribution >= 4 is 22.8 Å². The lowest BCUT2D eigenvalue weighted by Gasteiger charge is -2.28. The Labute approximate surface area is 205 Å². The molecular weight excluding hydrogens is 440 g/mol. The fourth-order valence-electron chi connectivity index (χ4n) is 4.21. The molecule has 1 atom stereocenters. The fourth-order valence-corrected chi connectivity index (χ4v) is 4.21. The molecule has 0 saturated carbocycles. The fraction of sp³-hybridized carbons (Fsp3) is 0.296. The van der Waals surface area contributed by atoms with Crippen molar-refractivity contribution in [1.29, 1.82) is 0 Å². The zero-order valence-corrected chi connectivity index (χ0v) is 20.3. The molecule has 8 nitrogen and oxygen atoms in total. The molecule has 0 bridgehead atoms. The van der Waals surface area contributed by atoms with Gasteiger partial charge in [-0.15, -0.1) is 0 Å². The van der Waals surface area contributed by atoms with Gasteiger partial charge in [-0.3, -0.25) is 9.59 Å². The molecule has 0 radical (unpaired) electrons. The summed E-state index contributed by atoms with van der Waals surface area (Å²) >= 11 is 0. The van der Waals surface area contributed by atoms with Crippen molar-refractivity contribution in [2.75, 3.05) is 13.6 Å². The van der Waals surface area contributed by atoms with Crippen molar-refractivity contribution in [3.05, 3.63) is 89.8 Å². The number of rotatable bonds is 9. The van der Waals surface area contributed by atoms with Crippen molar-refractivity contribution in [2.45, 2.75) is 32.2 Å². The van der Waals surface area contributed by atoms with Gasteiger partial charge in [-0.1, -0.05) is 42.5 Å². The number of fused-ring (bicyclic) bond motifs is 1. The Balaban J connectivity index is 1.44. The summed E-state index contributed by atoms with van der Waals surface area (Å²) in [5, 5.41) is 2.99. The quantitative estimate of drug-likeness (QED) is 0.404.